The second-order valence-corrected chi connectivity index (χ2v) is 6.58. The van der Waals surface area contributed by atoms with E-state index >= 15 is 0 Å². The van der Waals surface area contributed by atoms with E-state index in [1.54, 1.807) is 36.4 Å². The first-order valence-electron chi connectivity index (χ1n) is 5.91. The van der Waals surface area contributed by atoms with Crippen molar-refractivity contribution in [3.05, 3.63) is 63.6 Å². The minimum absolute atomic E-state index is 0.0326. The Morgan fingerprint density at radius 2 is 1.90 bits per heavy atom. The smallest absolute Gasteiger partial charge is 0.336 e. The Labute approximate surface area is 132 Å². The molecule has 106 valence electrons. The molecular formula is C15H10BrNO3S. The molecule has 2 aromatic rings. The number of hydrogen-bond acceptors (Lipinski definition) is 3. The number of benzene rings is 2. The van der Waals surface area contributed by atoms with Gasteiger partial charge in [0.15, 0.2) is 0 Å². The number of carbonyl (C=O) groups is 1. The van der Waals surface area contributed by atoms with Gasteiger partial charge >= 0.3 is 5.97 Å². The molecule has 0 aromatic heterocycles. The SMILES string of the molecule is N#Cc1ccc(CS(=O)c2cc(Br)ccc2C(=O)O)cc1. The summed E-state index contributed by atoms with van der Waals surface area (Å²) in [7, 11) is -1.48. The van der Waals surface area contributed by atoms with Crippen molar-refractivity contribution in [3.63, 3.8) is 0 Å². The molecule has 21 heavy (non-hydrogen) atoms. The van der Waals surface area contributed by atoms with Gasteiger partial charge in [-0.05, 0) is 35.9 Å². The first kappa shape index (κ1) is 15.4. The fourth-order valence-corrected chi connectivity index (χ4v) is 3.59. The Bertz CT molecular complexity index is 751. The summed E-state index contributed by atoms with van der Waals surface area (Å²) in [6, 6.07) is 13.3. The molecule has 0 bridgehead atoms. The number of halogens is 1. The molecule has 0 aliphatic carbocycles. The van der Waals surface area contributed by atoms with Gasteiger partial charge in [0.25, 0.3) is 0 Å². The van der Waals surface area contributed by atoms with Crippen LogP contribution in [0, 0.1) is 11.3 Å². The summed E-state index contributed by atoms with van der Waals surface area (Å²) in [5, 5.41) is 17.9. The second kappa shape index (κ2) is 6.66. The zero-order chi connectivity index (χ0) is 15.4. The monoisotopic (exact) mass is 363 g/mol. The summed E-state index contributed by atoms with van der Waals surface area (Å²) < 4.78 is 13.1. The number of hydrogen-bond donors (Lipinski definition) is 1. The average Bonchev–Trinajstić information content (AvgIpc) is 2.47. The van der Waals surface area contributed by atoms with Crippen molar-refractivity contribution in [1.82, 2.24) is 0 Å². The molecule has 0 spiro atoms. The van der Waals surface area contributed by atoms with Gasteiger partial charge in [0.1, 0.15) is 0 Å². The van der Waals surface area contributed by atoms with E-state index in [-0.39, 0.29) is 16.2 Å². The normalized spacial score (nSPS) is 11.6. The third-order valence-corrected chi connectivity index (χ3v) is 4.72. The van der Waals surface area contributed by atoms with E-state index in [1.165, 1.54) is 6.07 Å². The van der Waals surface area contributed by atoms with Crippen LogP contribution in [0.25, 0.3) is 0 Å². The first-order valence-corrected chi connectivity index (χ1v) is 8.02. The van der Waals surface area contributed by atoms with E-state index in [9.17, 15) is 9.00 Å². The molecule has 0 saturated carbocycles. The molecule has 2 rings (SSSR count). The lowest BCUT2D eigenvalue weighted by Crippen LogP contribution is -2.06. The third kappa shape index (κ3) is 3.78. The van der Waals surface area contributed by atoms with Crippen LogP contribution in [-0.2, 0) is 16.6 Å². The lowest BCUT2D eigenvalue weighted by Gasteiger charge is -2.07. The minimum atomic E-state index is -1.48. The highest BCUT2D eigenvalue weighted by atomic mass is 79.9. The van der Waals surface area contributed by atoms with Gasteiger partial charge in [0.2, 0.25) is 0 Å². The van der Waals surface area contributed by atoms with E-state index in [0.29, 0.717) is 10.0 Å². The highest BCUT2D eigenvalue weighted by molar-refractivity contribution is 9.10. The fraction of sp³-hybridized carbons (Fsp3) is 0.0667. The summed E-state index contributed by atoms with van der Waals surface area (Å²) in [6.07, 6.45) is 0. The number of carboxylic acid groups (broad SMARTS) is 1. The summed E-state index contributed by atoms with van der Waals surface area (Å²) >= 11 is 3.25. The van der Waals surface area contributed by atoms with Crippen LogP contribution in [0.5, 0.6) is 0 Å². The van der Waals surface area contributed by atoms with Crippen LogP contribution in [0.1, 0.15) is 21.5 Å². The molecule has 0 aliphatic rings. The molecule has 0 aliphatic heterocycles. The maximum atomic E-state index is 12.4. The van der Waals surface area contributed by atoms with Crippen molar-refractivity contribution in [2.24, 2.45) is 0 Å². The second-order valence-electron chi connectivity index (χ2n) is 4.24. The van der Waals surface area contributed by atoms with Crippen LogP contribution < -0.4 is 0 Å². The lowest BCUT2D eigenvalue weighted by atomic mass is 10.2. The third-order valence-electron chi connectivity index (χ3n) is 2.80. The van der Waals surface area contributed by atoms with E-state index in [1.807, 2.05) is 6.07 Å². The standard InChI is InChI=1S/C15H10BrNO3S/c16-12-5-6-13(15(18)19)14(7-12)21(20)9-11-3-1-10(8-17)2-4-11/h1-7H,9H2,(H,18,19). The van der Waals surface area contributed by atoms with Gasteiger partial charge in [-0.1, -0.05) is 28.1 Å². The molecular weight excluding hydrogens is 354 g/mol. The first-order chi connectivity index (χ1) is 10.0. The molecule has 0 radical (unpaired) electrons. The Morgan fingerprint density at radius 1 is 1.24 bits per heavy atom. The summed E-state index contributed by atoms with van der Waals surface area (Å²) in [4.78, 5) is 11.5. The molecule has 0 saturated heterocycles. The fourth-order valence-electron chi connectivity index (χ4n) is 1.77. The van der Waals surface area contributed by atoms with Crippen LogP contribution in [-0.4, -0.2) is 15.3 Å². The minimum Gasteiger partial charge on any atom is -0.478 e. The van der Waals surface area contributed by atoms with Crippen LogP contribution in [0.2, 0.25) is 0 Å². The van der Waals surface area contributed by atoms with Gasteiger partial charge in [-0.3, -0.25) is 4.21 Å². The molecule has 6 heteroatoms. The molecule has 0 fully saturated rings. The van der Waals surface area contributed by atoms with Gasteiger partial charge in [0.05, 0.1) is 38.6 Å². The van der Waals surface area contributed by atoms with Gasteiger partial charge in [-0.25, -0.2) is 4.79 Å². The van der Waals surface area contributed by atoms with Crippen molar-refractivity contribution in [2.75, 3.05) is 0 Å². The van der Waals surface area contributed by atoms with Gasteiger partial charge in [-0.2, -0.15) is 5.26 Å². The average molecular weight is 364 g/mol. The molecule has 1 N–H and O–H groups in total. The van der Waals surface area contributed by atoms with Gasteiger partial charge < -0.3 is 5.11 Å². The van der Waals surface area contributed by atoms with Crippen molar-refractivity contribution >= 4 is 32.7 Å². The quantitative estimate of drug-likeness (QED) is 0.903. The molecule has 2 aromatic carbocycles. The Hall–Kier alpha value is -1.97. The number of nitriles is 1. The lowest BCUT2D eigenvalue weighted by molar-refractivity contribution is 0.0693. The highest BCUT2D eigenvalue weighted by Gasteiger charge is 2.16. The van der Waals surface area contributed by atoms with Crippen LogP contribution in [0.4, 0.5) is 0 Å². The predicted octanol–water partition coefficient (Wildman–Crippen LogP) is 3.33. The molecule has 4 nitrogen and oxygen atoms in total. The maximum Gasteiger partial charge on any atom is 0.336 e. The van der Waals surface area contributed by atoms with Crippen LogP contribution in [0.3, 0.4) is 0 Å². The summed E-state index contributed by atoms with van der Waals surface area (Å²) in [6.45, 7) is 0. The largest absolute Gasteiger partial charge is 0.478 e. The molecule has 1 unspecified atom stereocenters. The van der Waals surface area contributed by atoms with Crippen molar-refractivity contribution in [1.29, 1.82) is 5.26 Å². The Balaban J connectivity index is 2.29. The number of carboxylic acids is 1. The number of rotatable bonds is 4. The van der Waals surface area contributed by atoms with Crippen LogP contribution in [0.15, 0.2) is 51.8 Å². The molecule has 0 amide bonds. The Kier molecular flexibility index (Phi) is 4.89. The van der Waals surface area contributed by atoms with Crippen molar-refractivity contribution in [3.8, 4) is 6.07 Å². The van der Waals surface area contributed by atoms with E-state index in [4.69, 9.17) is 10.4 Å². The van der Waals surface area contributed by atoms with Crippen molar-refractivity contribution < 1.29 is 14.1 Å². The predicted molar refractivity (Wildman–Crippen MR) is 82.4 cm³/mol. The summed E-state index contributed by atoms with van der Waals surface area (Å²) in [5.74, 6) is -0.909. The highest BCUT2D eigenvalue weighted by Crippen LogP contribution is 2.22. The number of nitrogens with zero attached hydrogens (tertiary/aromatic N) is 1. The molecule has 1 atom stereocenters. The topological polar surface area (TPSA) is 78.2 Å². The Morgan fingerprint density at radius 3 is 2.48 bits per heavy atom. The number of aromatic carboxylic acids is 1. The van der Waals surface area contributed by atoms with E-state index in [2.05, 4.69) is 15.9 Å². The zero-order valence-corrected chi connectivity index (χ0v) is 13.1. The van der Waals surface area contributed by atoms with Gasteiger partial charge in [-0.15, -0.1) is 0 Å². The summed E-state index contributed by atoms with van der Waals surface area (Å²) in [5.41, 5.74) is 1.34. The van der Waals surface area contributed by atoms with Gasteiger partial charge in [0, 0.05) is 4.47 Å². The van der Waals surface area contributed by atoms with Crippen LogP contribution >= 0.6 is 15.9 Å². The molecule has 0 heterocycles. The van der Waals surface area contributed by atoms with E-state index in [0.717, 1.165) is 5.56 Å². The van der Waals surface area contributed by atoms with E-state index < -0.39 is 16.8 Å². The maximum absolute atomic E-state index is 12.4. The van der Waals surface area contributed by atoms with Crippen molar-refractivity contribution in [2.45, 2.75) is 10.6 Å². The zero-order valence-electron chi connectivity index (χ0n) is 10.7.